The lowest BCUT2D eigenvalue weighted by Crippen LogP contribution is -1.97. The molecule has 0 bridgehead atoms. The topological polar surface area (TPSA) is 103 Å². The Hall–Kier alpha value is -1.27. The van der Waals surface area contributed by atoms with Gasteiger partial charge in [0.25, 0.3) is 10.1 Å². The average molecular weight is 234 g/mol. The highest BCUT2D eigenvalue weighted by Crippen LogP contribution is 2.27. The fourth-order valence-electron chi connectivity index (χ4n) is 0.825. The number of hydrogen-bond donors (Lipinski definition) is 1. The van der Waals surface area contributed by atoms with Crippen molar-refractivity contribution in [3.8, 4) is 0 Å². The Balaban J connectivity index is 3.53. The zero-order valence-corrected chi connectivity index (χ0v) is 8.20. The molecule has 1 rings (SSSR count). The lowest BCUT2D eigenvalue weighted by molar-refractivity contribution is 0.483. The molecule has 0 spiro atoms. The van der Waals surface area contributed by atoms with Crippen LogP contribution in [-0.2, 0) is 10.1 Å². The van der Waals surface area contributed by atoms with E-state index < -0.39 is 15.0 Å². The summed E-state index contributed by atoms with van der Waals surface area (Å²) in [5.74, 6) is 0. The van der Waals surface area contributed by atoms with Gasteiger partial charge in [0.1, 0.15) is 4.90 Å². The average Bonchev–Trinajstić information content (AvgIpc) is 2.07. The minimum Gasteiger partial charge on any atom is -0.282 e. The second-order valence-corrected chi connectivity index (χ2v) is 4.10. The van der Waals surface area contributed by atoms with Crippen molar-refractivity contribution in [2.24, 2.45) is 5.11 Å². The molecule has 0 radical (unpaired) electrons. The summed E-state index contributed by atoms with van der Waals surface area (Å²) in [6, 6.07) is 3.55. The molecule has 0 saturated heterocycles. The van der Waals surface area contributed by atoms with Crippen LogP contribution in [-0.4, -0.2) is 13.0 Å². The van der Waals surface area contributed by atoms with Gasteiger partial charge in [-0.15, -0.1) is 0 Å². The second kappa shape index (κ2) is 3.85. The van der Waals surface area contributed by atoms with Crippen molar-refractivity contribution in [2.45, 2.75) is 4.90 Å². The molecule has 0 aliphatic rings. The Morgan fingerprint density at radius 1 is 1.50 bits per heavy atom. The van der Waals surface area contributed by atoms with Crippen molar-refractivity contribution < 1.29 is 13.0 Å². The molecule has 6 nitrogen and oxygen atoms in total. The molecule has 0 heterocycles. The van der Waals surface area contributed by atoms with Gasteiger partial charge in [0.05, 0.1) is 5.69 Å². The zero-order chi connectivity index (χ0) is 10.8. The molecule has 74 valence electrons. The van der Waals surface area contributed by atoms with E-state index in [4.69, 9.17) is 21.7 Å². The molecule has 0 unspecified atom stereocenters. The molecule has 14 heavy (non-hydrogen) atoms. The second-order valence-electron chi connectivity index (χ2n) is 2.28. The number of halogens is 1. The van der Waals surface area contributed by atoms with E-state index in [-0.39, 0.29) is 10.7 Å². The fraction of sp³-hybridized carbons (Fsp3) is 0. The van der Waals surface area contributed by atoms with Gasteiger partial charge in [0, 0.05) is 9.93 Å². The van der Waals surface area contributed by atoms with Crippen LogP contribution in [0.1, 0.15) is 0 Å². The number of nitrogens with zero attached hydrogens (tertiary/aromatic N) is 3. The van der Waals surface area contributed by atoms with E-state index in [9.17, 15) is 8.42 Å². The van der Waals surface area contributed by atoms with Crippen molar-refractivity contribution >= 4 is 27.4 Å². The summed E-state index contributed by atoms with van der Waals surface area (Å²) >= 11 is 5.51. The molecule has 0 atom stereocenters. The first-order valence-corrected chi connectivity index (χ1v) is 5.09. The van der Waals surface area contributed by atoms with E-state index in [0.717, 1.165) is 6.07 Å². The van der Waals surface area contributed by atoms with Gasteiger partial charge in [0.15, 0.2) is 0 Å². The van der Waals surface area contributed by atoms with E-state index >= 15 is 0 Å². The molecule has 1 aromatic carbocycles. The van der Waals surface area contributed by atoms with Crippen LogP contribution < -0.4 is 0 Å². The van der Waals surface area contributed by atoms with Gasteiger partial charge >= 0.3 is 0 Å². The van der Waals surface area contributed by atoms with Crippen molar-refractivity contribution in [2.75, 3.05) is 0 Å². The third kappa shape index (κ3) is 2.36. The Bertz CT molecular complexity index is 507. The predicted octanol–water partition coefficient (Wildman–Crippen LogP) is 2.53. The highest BCUT2D eigenvalue weighted by Gasteiger charge is 2.14. The summed E-state index contributed by atoms with van der Waals surface area (Å²) in [4.78, 5) is 1.90. The first-order chi connectivity index (χ1) is 6.45. The smallest absolute Gasteiger partial charge is 0.282 e. The fourth-order valence-corrected chi connectivity index (χ4v) is 1.71. The van der Waals surface area contributed by atoms with Gasteiger partial charge < -0.3 is 0 Å². The molecule has 0 aliphatic carbocycles. The molecule has 0 aliphatic heterocycles. The van der Waals surface area contributed by atoms with Crippen molar-refractivity contribution in [3.05, 3.63) is 33.7 Å². The minimum absolute atomic E-state index is 0.120. The number of azide groups is 1. The van der Waals surface area contributed by atoms with Crippen LogP contribution >= 0.6 is 11.6 Å². The summed E-state index contributed by atoms with van der Waals surface area (Å²) in [6.07, 6.45) is 0. The van der Waals surface area contributed by atoms with Crippen LogP contribution in [0.3, 0.4) is 0 Å². The van der Waals surface area contributed by atoms with Gasteiger partial charge in [0.2, 0.25) is 0 Å². The quantitative estimate of drug-likeness (QED) is 0.367. The largest absolute Gasteiger partial charge is 0.295 e. The van der Waals surface area contributed by atoms with Crippen molar-refractivity contribution in [3.63, 3.8) is 0 Å². The van der Waals surface area contributed by atoms with Crippen molar-refractivity contribution in [1.29, 1.82) is 0 Å². The highest BCUT2D eigenvalue weighted by molar-refractivity contribution is 7.86. The summed E-state index contributed by atoms with van der Waals surface area (Å²) in [5, 5.41) is 3.22. The molecular formula is C6H4ClN3O3S. The standard InChI is InChI=1S/C6H4ClN3O3S/c7-4-1-2-5(9-10-8)6(3-4)14(11,12)13/h1-3H,(H,11,12,13). The number of hydrogen-bond acceptors (Lipinski definition) is 3. The summed E-state index contributed by atoms with van der Waals surface area (Å²) < 4.78 is 30.3. The molecule has 1 aromatic rings. The van der Waals surface area contributed by atoms with Crippen LogP contribution in [0.15, 0.2) is 28.2 Å². The molecule has 0 fully saturated rings. The zero-order valence-electron chi connectivity index (χ0n) is 6.62. The molecule has 0 aromatic heterocycles. The SMILES string of the molecule is [N-]=[N+]=Nc1ccc(Cl)cc1S(=O)(=O)O. The molecule has 0 saturated carbocycles. The highest BCUT2D eigenvalue weighted by atomic mass is 35.5. The van der Waals surface area contributed by atoms with E-state index in [2.05, 4.69) is 10.0 Å². The minimum atomic E-state index is -4.43. The van der Waals surface area contributed by atoms with Gasteiger partial charge in [-0.1, -0.05) is 16.7 Å². The molecular weight excluding hydrogens is 230 g/mol. The van der Waals surface area contributed by atoms with Crippen LogP contribution in [0.25, 0.3) is 10.4 Å². The first kappa shape index (κ1) is 10.8. The Morgan fingerprint density at radius 3 is 2.64 bits per heavy atom. The van der Waals surface area contributed by atoms with Gasteiger partial charge in [-0.25, -0.2) is 0 Å². The first-order valence-electron chi connectivity index (χ1n) is 3.27. The summed E-state index contributed by atoms with van der Waals surface area (Å²) in [5.41, 5.74) is 7.93. The van der Waals surface area contributed by atoms with E-state index in [1.165, 1.54) is 12.1 Å². The van der Waals surface area contributed by atoms with Crippen molar-refractivity contribution in [1.82, 2.24) is 0 Å². The van der Waals surface area contributed by atoms with Gasteiger partial charge in [-0.3, -0.25) is 4.55 Å². The van der Waals surface area contributed by atoms with Crippen LogP contribution in [0, 0.1) is 0 Å². The lowest BCUT2D eigenvalue weighted by atomic mass is 10.3. The van der Waals surface area contributed by atoms with Crippen LogP contribution in [0.2, 0.25) is 5.02 Å². The molecule has 0 amide bonds. The Labute approximate surface area is 84.5 Å². The Morgan fingerprint density at radius 2 is 2.14 bits per heavy atom. The van der Waals surface area contributed by atoms with Gasteiger partial charge in [-0.2, -0.15) is 8.42 Å². The van der Waals surface area contributed by atoms with E-state index in [1.54, 1.807) is 0 Å². The lowest BCUT2D eigenvalue weighted by Gasteiger charge is -2.01. The maximum absolute atomic E-state index is 10.8. The maximum atomic E-state index is 10.8. The van der Waals surface area contributed by atoms with Crippen LogP contribution in [0.4, 0.5) is 5.69 Å². The summed E-state index contributed by atoms with van der Waals surface area (Å²) in [6.45, 7) is 0. The third-order valence-corrected chi connectivity index (χ3v) is 2.47. The third-order valence-electron chi connectivity index (χ3n) is 1.35. The molecule has 8 heteroatoms. The Kier molecular flexibility index (Phi) is 2.97. The van der Waals surface area contributed by atoms with Crippen LogP contribution in [0.5, 0.6) is 0 Å². The summed E-state index contributed by atoms with van der Waals surface area (Å²) in [7, 11) is -4.43. The monoisotopic (exact) mass is 233 g/mol. The maximum Gasteiger partial charge on any atom is 0.295 e. The number of benzene rings is 1. The normalized spacial score (nSPS) is 10.7. The predicted molar refractivity (Wildman–Crippen MR) is 50.1 cm³/mol. The van der Waals surface area contributed by atoms with E-state index in [0.29, 0.717) is 0 Å². The van der Waals surface area contributed by atoms with E-state index in [1.807, 2.05) is 0 Å². The number of rotatable bonds is 2. The van der Waals surface area contributed by atoms with Gasteiger partial charge in [-0.05, 0) is 23.7 Å². The molecule has 1 N–H and O–H groups in total.